The zero-order valence-electron chi connectivity index (χ0n) is 19.6. The van der Waals surface area contributed by atoms with Crippen molar-refractivity contribution in [1.82, 2.24) is 4.90 Å². The van der Waals surface area contributed by atoms with Crippen LogP contribution in [0.4, 0.5) is 28.9 Å². The van der Waals surface area contributed by atoms with Crippen molar-refractivity contribution in [3.63, 3.8) is 0 Å². The fourth-order valence-electron chi connectivity index (χ4n) is 4.64. The van der Waals surface area contributed by atoms with Crippen LogP contribution in [-0.4, -0.2) is 76.0 Å². The first kappa shape index (κ1) is 26.2. The van der Waals surface area contributed by atoms with Gasteiger partial charge in [-0.2, -0.15) is 13.2 Å². The summed E-state index contributed by atoms with van der Waals surface area (Å²) in [6.45, 7) is 1.90. The summed E-state index contributed by atoms with van der Waals surface area (Å²) in [6.07, 6.45) is -2.90. The zero-order valence-corrected chi connectivity index (χ0v) is 20.4. The van der Waals surface area contributed by atoms with Crippen molar-refractivity contribution in [1.29, 1.82) is 0 Å². The molecule has 1 N–H and O–H groups in total. The van der Waals surface area contributed by atoms with E-state index in [-0.39, 0.29) is 48.2 Å². The predicted octanol–water partition coefficient (Wildman–Crippen LogP) is 3.17. The third-order valence-corrected chi connectivity index (χ3v) is 7.66. The van der Waals surface area contributed by atoms with Gasteiger partial charge >= 0.3 is 6.18 Å². The third-order valence-electron chi connectivity index (χ3n) is 6.55. The molecule has 2 saturated heterocycles. The summed E-state index contributed by atoms with van der Waals surface area (Å²) >= 11 is 0. The van der Waals surface area contributed by atoms with E-state index in [1.807, 2.05) is 4.90 Å². The molecule has 0 saturated carbocycles. The van der Waals surface area contributed by atoms with Gasteiger partial charge in [0.1, 0.15) is 5.82 Å². The summed E-state index contributed by atoms with van der Waals surface area (Å²) in [5, 5.41) is 10.1. The van der Waals surface area contributed by atoms with Crippen LogP contribution in [-0.2, 0) is 16.0 Å². The maximum atomic E-state index is 14.0. The number of nitrogens with zero attached hydrogens (tertiary/aromatic N) is 3. The highest BCUT2D eigenvalue weighted by Crippen LogP contribution is 2.34. The normalized spacial score (nSPS) is 19.5. The molecule has 2 aliphatic rings. The largest absolute Gasteiger partial charge is 0.419 e. The summed E-state index contributed by atoms with van der Waals surface area (Å²) in [7, 11) is -3.57. The van der Waals surface area contributed by atoms with E-state index in [0.29, 0.717) is 31.3 Å². The summed E-state index contributed by atoms with van der Waals surface area (Å²) in [6, 6.07) is 7.14. The molecule has 1 unspecified atom stereocenters. The molecular formula is C24H27F4N3O4S. The van der Waals surface area contributed by atoms with Crippen LogP contribution in [0.15, 0.2) is 41.3 Å². The Morgan fingerprint density at radius 2 is 1.69 bits per heavy atom. The van der Waals surface area contributed by atoms with Crippen LogP contribution in [0.1, 0.15) is 28.8 Å². The number of hydrogen-bond donors (Lipinski definition) is 1. The van der Waals surface area contributed by atoms with E-state index in [1.54, 1.807) is 15.9 Å². The number of piperazine rings is 1. The Bertz CT molecular complexity index is 1240. The van der Waals surface area contributed by atoms with Gasteiger partial charge in [-0.3, -0.25) is 4.79 Å². The molecule has 2 aliphatic heterocycles. The van der Waals surface area contributed by atoms with Crippen molar-refractivity contribution >= 4 is 27.1 Å². The average molecular weight is 530 g/mol. The van der Waals surface area contributed by atoms with Crippen LogP contribution < -0.4 is 9.80 Å². The summed E-state index contributed by atoms with van der Waals surface area (Å²) < 4.78 is 76.9. The number of β-amino-alcohol motifs (C(OH)–C–C–N with tert-alkyl or cyclic N) is 1. The van der Waals surface area contributed by atoms with E-state index < -0.39 is 33.5 Å². The molecule has 0 aliphatic carbocycles. The molecule has 1 amide bonds. The van der Waals surface area contributed by atoms with Crippen molar-refractivity contribution < 1.29 is 35.9 Å². The van der Waals surface area contributed by atoms with Gasteiger partial charge in [-0.15, -0.1) is 0 Å². The number of aliphatic hydroxyl groups excluding tert-OH is 1. The number of benzene rings is 2. The minimum absolute atomic E-state index is 0.00558. The minimum Gasteiger partial charge on any atom is -0.391 e. The molecule has 2 aromatic carbocycles. The maximum absolute atomic E-state index is 14.0. The molecule has 0 aromatic heterocycles. The zero-order chi connectivity index (χ0) is 26.3. The third kappa shape index (κ3) is 5.59. The Balaban J connectivity index is 1.54. The van der Waals surface area contributed by atoms with Crippen molar-refractivity contribution in [3.8, 4) is 0 Å². The van der Waals surface area contributed by atoms with E-state index in [1.165, 1.54) is 18.2 Å². The van der Waals surface area contributed by atoms with Crippen LogP contribution in [0.2, 0.25) is 0 Å². The highest BCUT2D eigenvalue weighted by molar-refractivity contribution is 7.90. The number of carbonyl (C=O) groups excluding carboxylic acids is 1. The molecular weight excluding hydrogens is 502 g/mol. The molecule has 0 bridgehead atoms. The molecule has 2 aromatic rings. The summed E-state index contributed by atoms with van der Waals surface area (Å²) in [5.74, 6) is -1.74. The number of halogens is 4. The lowest BCUT2D eigenvalue weighted by Crippen LogP contribution is -2.49. The Labute approximate surface area is 206 Å². The lowest BCUT2D eigenvalue weighted by atomic mass is 10.0. The Hall–Kier alpha value is -2.86. The molecule has 36 heavy (non-hydrogen) atoms. The van der Waals surface area contributed by atoms with Crippen molar-refractivity contribution in [3.05, 3.63) is 53.3 Å². The highest BCUT2D eigenvalue weighted by atomic mass is 32.2. The fourth-order valence-corrected chi connectivity index (χ4v) is 5.28. The molecule has 0 radical (unpaired) electrons. The van der Waals surface area contributed by atoms with Crippen LogP contribution in [0.25, 0.3) is 0 Å². The average Bonchev–Trinajstić information content (AvgIpc) is 2.82. The number of piperidine rings is 1. The Morgan fingerprint density at radius 3 is 2.28 bits per heavy atom. The van der Waals surface area contributed by atoms with E-state index >= 15 is 0 Å². The standard InChI is InChI=1S/C24H27F4N3O4S/c1-36(34,35)18-5-7-22(31-8-2-3-17(32)15-31)19(14-18)23(33)30-11-9-29(10-12-30)16-4-6-20(21(25)13-16)24(26,27)28/h4-7,13-14,17,32H,2-3,8-12,15H2,1H3. The number of hydrogen-bond acceptors (Lipinski definition) is 6. The first-order chi connectivity index (χ1) is 16.8. The second kappa shape index (κ2) is 9.89. The van der Waals surface area contributed by atoms with E-state index in [9.17, 15) is 35.9 Å². The van der Waals surface area contributed by atoms with Crippen LogP contribution in [0, 0.1) is 5.82 Å². The predicted molar refractivity (Wildman–Crippen MR) is 127 cm³/mol. The number of aliphatic hydroxyl groups is 1. The first-order valence-corrected chi connectivity index (χ1v) is 13.4. The molecule has 7 nitrogen and oxygen atoms in total. The van der Waals surface area contributed by atoms with Gasteiger partial charge in [0.05, 0.1) is 22.1 Å². The molecule has 2 heterocycles. The molecule has 12 heteroatoms. The van der Waals surface area contributed by atoms with Gasteiger partial charge in [0, 0.05) is 56.9 Å². The molecule has 2 fully saturated rings. The van der Waals surface area contributed by atoms with E-state index in [0.717, 1.165) is 18.7 Å². The molecule has 196 valence electrons. The van der Waals surface area contributed by atoms with Crippen molar-refractivity contribution in [2.45, 2.75) is 30.0 Å². The second-order valence-electron chi connectivity index (χ2n) is 9.13. The smallest absolute Gasteiger partial charge is 0.391 e. The second-order valence-corrected chi connectivity index (χ2v) is 11.2. The number of carbonyl (C=O) groups is 1. The number of rotatable bonds is 4. The monoisotopic (exact) mass is 529 g/mol. The first-order valence-electron chi connectivity index (χ1n) is 11.5. The van der Waals surface area contributed by atoms with Crippen molar-refractivity contribution in [2.75, 3.05) is 55.3 Å². The SMILES string of the molecule is CS(=O)(=O)c1ccc(N2CCCC(O)C2)c(C(=O)N2CCN(c3ccc(C(F)(F)F)c(F)c3)CC2)c1. The van der Waals surface area contributed by atoms with Gasteiger partial charge in [0.2, 0.25) is 0 Å². The van der Waals surface area contributed by atoms with Crippen molar-refractivity contribution in [2.24, 2.45) is 0 Å². The maximum Gasteiger partial charge on any atom is 0.419 e. The van der Waals surface area contributed by atoms with E-state index in [2.05, 4.69) is 0 Å². The number of anilines is 2. The quantitative estimate of drug-likeness (QED) is 0.613. The topological polar surface area (TPSA) is 81.2 Å². The number of alkyl halides is 3. The number of amides is 1. The van der Waals surface area contributed by atoms with Gasteiger partial charge in [-0.1, -0.05) is 0 Å². The molecule has 1 atom stereocenters. The summed E-state index contributed by atoms with van der Waals surface area (Å²) in [5.41, 5.74) is -0.296. The minimum atomic E-state index is -4.78. The highest BCUT2D eigenvalue weighted by Gasteiger charge is 2.34. The van der Waals surface area contributed by atoms with E-state index in [4.69, 9.17) is 0 Å². The number of sulfone groups is 1. The van der Waals surface area contributed by atoms with Gasteiger partial charge in [-0.05, 0) is 49.2 Å². The lowest BCUT2D eigenvalue weighted by Gasteiger charge is -2.38. The molecule has 0 spiro atoms. The van der Waals surface area contributed by atoms with Crippen LogP contribution in [0.5, 0.6) is 0 Å². The van der Waals surface area contributed by atoms with Gasteiger partial charge < -0.3 is 19.8 Å². The fraction of sp³-hybridized carbons (Fsp3) is 0.458. The Kier molecular flexibility index (Phi) is 7.20. The van der Waals surface area contributed by atoms with Gasteiger partial charge in [0.15, 0.2) is 9.84 Å². The van der Waals surface area contributed by atoms with Crippen LogP contribution >= 0.6 is 0 Å². The van der Waals surface area contributed by atoms with Crippen LogP contribution in [0.3, 0.4) is 0 Å². The summed E-state index contributed by atoms with van der Waals surface area (Å²) in [4.78, 5) is 18.6. The Morgan fingerprint density at radius 1 is 1.00 bits per heavy atom. The lowest BCUT2D eigenvalue weighted by molar-refractivity contribution is -0.139. The van der Waals surface area contributed by atoms with Gasteiger partial charge in [0.25, 0.3) is 5.91 Å². The van der Waals surface area contributed by atoms with Gasteiger partial charge in [-0.25, -0.2) is 12.8 Å². The molecule has 4 rings (SSSR count).